The second-order valence-electron chi connectivity index (χ2n) is 7.92. The number of esters is 1. The number of methoxy groups -OCH3 is 1. The van der Waals surface area contributed by atoms with Gasteiger partial charge in [0.1, 0.15) is 5.82 Å². The fraction of sp³-hybridized carbons (Fsp3) is 0.200. The third-order valence-corrected chi connectivity index (χ3v) is 5.65. The number of fused-ring (bicyclic) bond motifs is 1. The topological polar surface area (TPSA) is 86.4 Å². The number of pyridine rings is 1. The lowest BCUT2D eigenvalue weighted by Gasteiger charge is -2.23. The third kappa shape index (κ3) is 3.59. The summed E-state index contributed by atoms with van der Waals surface area (Å²) in [5.74, 6) is 0.161. The van der Waals surface area contributed by atoms with E-state index in [4.69, 9.17) is 9.72 Å². The number of rotatable bonds is 4. The summed E-state index contributed by atoms with van der Waals surface area (Å²) in [5.41, 5.74) is 2.85. The maximum atomic E-state index is 13.4. The highest BCUT2D eigenvalue weighted by atomic mass is 16.5. The van der Waals surface area contributed by atoms with E-state index < -0.39 is 17.2 Å². The standard InChI is InChI=1S/C25H24N4O4/c1-27(2)21-19(16-11-13-17(14-12-16)24(31)33-5)18(15-9-7-6-8-10-15)20-22(26-21)28(3)25(32)29(4)23(20)30/h6-14H,1-5H3. The number of hydrogen-bond donors (Lipinski definition) is 0. The molecule has 33 heavy (non-hydrogen) atoms. The van der Waals surface area contributed by atoms with E-state index in [1.165, 1.54) is 18.7 Å². The lowest BCUT2D eigenvalue weighted by Crippen LogP contribution is -2.37. The van der Waals surface area contributed by atoms with Gasteiger partial charge in [-0.2, -0.15) is 0 Å². The van der Waals surface area contributed by atoms with Gasteiger partial charge in [-0.25, -0.2) is 14.6 Å². The Bertz CT molecular complexity index is 1480. The molecule has 8 nitrogen and oxygen atoms in total. The molecule has 0 fully saturated rings. The van der Waals surface area contributed by atoms with Crippen LogP contribution in [0.2, 0.25) is 0 Å². The first-order valence-electron chi connectivity index (χ1n) is 10.3. The molecule has 4 rings (SSSR count). The van der Waals surface area contributed by atoms with Gasteiger partial charge in [0.05, 0.1) is 18.1 Å². The van der Waals surface area contributed by atoms with Gasteiger partial charge in [-0.1, -0.05) is 42.5 Å². The van der Waals surface area contributed by atoms with Crippen LogP contribution in [-0.2, 0) is 18.8 Å². The van der Waals surface area contributed by atoms with Crippen LogP contribution in [0.25, 0.3) is 33.3 Å². The van der Waals surface area contributed by atoms with Gasteiger partial charge < -0.3 is 9.64 Å². The molecule has 0 spiro atoms. The molecule has 0 aliphatic rings. The predicted octanol–water partition coefficient (Wildman–Crippen LogP) is 2.82. The van der Waals surface area contributed by atoms with Crippen molar-refractivity contribution in [3.05, 3.63) is 81.0 Å². The van der Waals surface area contributed by atoms with Gasteiger partial charge in [0.15, 0.2) is 5.65 Å². The van der Waals surface area contributed by atoms with Crippen LogP contribution in [0.4, 0.5) is 5.82 Å². The van der Waals surface area contributed by atoms with E-state index >= 15 is 0 Å². The van der Waals surface area contributed by atoms with Crippen molar-refractivity contribution in [2.75, 3.05) is 26.1 Å². The van der Waals surface area contributed by atoms with Crippen molar-refractivity contribution in [2.45, 2.75) is 0 Å². The molecule has 168 valence electrons. The highest BCUT2D eigenvalue weighted by Gasteiger charge is 2.24. The number of anilines is 1. The Kier molecular flexibility index (Phi) is 5.59. The fourth-order valence-corrected chi connectivity index (χ4v) is 3.96. The molecule has 0 aliphatic heterocycles. The van der Waals surface area contributed by atoms with Gasteiger partial charge in [-0.15, -0.1) is 0 Å². The Hall–Kier alpha value is -4.20. The number of nitrogens with zero attached hydrogens (tertiary/aromatic N) is 4. The lowest BCUT2D eigenvalue weighted by atomic mass is 9.92. The molecule has 0 radical (unpaired) electrons. The molecule has 0 N–H and O–H groups in total. The zero-order chi connectivity index (χ0) is 23.9. The predicted molar refractivity (Wildman–Crippen MR) is 129 cm³/mol. The zero-order valence-electron chi connectivity index (χ0n) is 19.1. The summed E-state index contributed by atoms with van der Waals surface area (Å²) in [6.07, 6.45) is 0. The summed E-state index contributed by atoms with van der Waals surface area (Å²) in [5, 5.41) is 0.350. The molecule has 0 unspecified atom stereocenters. The summed E-state index contributed by atoms with van der Waals surface area (Å²) in [7, 11) is 8.11. The van der Waals surface area contributed by atoms with Crippen molar-refractivity contribution in [1.29, 1.82) is 0 Å². The summed E-state index contributed by atoms with van der Waals surface area (Å²) in [4.78, 5) is 44.6. The Morgan fingerprint density at radius 3 is 2.06 bits per heavy atom. The summed E-state index contributed by atoms with van der Waals surface area (Å²) in [6.45, 7) is 0. The van der Waals surface area contributed by atoms with Gasteiger partial charge in [-0.05, 0) is 23.3 Å². The second-order valence-corrected chi connectivity index (χ2v) is 7.92. The second kappa shape index (κ2) is 8.38. The zero-order valence-corrected chi connectivity index (χ0v) is 19.1. The first-order valence-corrected chi connectivity index (χ1v) is 10.3. The van der Waals surface area contributed by atoms with Crippen LogP contribution in [0.3, 0.4) is 0 Å². The summed E-state index contributed by atoms with van der Waals surface area (Å²) in [6, 6.07) is 16.5. The first-order chi connectivity index (χ1) is 15.8. The molecule has 8 heteroatoms. The lowest BCUT2D eigenvalue weighted by molar-refractivity contribution is 0.0601. The van der Waals surface area contributed by atoms with Crippen molar-refractivity contribution < 1.29 is 9.53 Å². The molecule has 0 saturated heterocycles. The Morgan fingerprint density at radius 1 is 0.879 bits per heavy atom. The molecule has 0 bridgehead atoms. The summed E-state index contributed by atoms with van der Waals surface area (Å²) < 4.78 is 7.29. The van der Waals surface area contributed by atoms with Crippen molar-refractivity contribution in [1.82, 2.24) is 14.1 Å². The smallest absolute Gasteiger partial charge is 0.337 e. The SMILES string of the molecule is COC(=O)c1ccc(-c2c(N(C)C)nc3c(c2-c2ccccc2)c(=O)n(C)c(=O)n3C)cc1. The van der Waals surface area contributed by atoms with E-state index in [1.54, 1.807) is 31.3 Å². The van der Waals surface area contributed by atoms with Crippen LogP contribution in [0.1, 0.15) is 10.4 Å². The van der Waals surface area contributed by atoms with Gasteiger partial charge in [0.25, 0.3) is 5.56 Å². The molecular weight excluding hydrogens is 420 g/mol. The first kappa shape index (κ1) is 22.0. The fourth-order valence-electron chi connectivity index (χ4n) is 3.96. The monoisotopic (exact) mass is 444 g/mol. The van der Waals surface area contributed by atoms with Gasteiger partial charge in [0.2, 0.25) is 0 Å². The maximum absolute atomic E-state index is 13.4. The number of hydrogen-bond acceptors (Lipinski definition) is 6. The average Bonchev–Trinajstić information content (AvgIpc) is 2.84. The highest BCUT2D eigenvalue weighted by molar-refractivity contribution is 6.05. The van der Waals surface area contributed by atoms with Crippen LogP contribution in [0, 0.1) is 0 Å². The quantitative estimate of drug-likeness (QED) is 0.450. The van der Waals surface area contributed by atoms with Gasteiger partial charge >= 0.3 is 11.7 Å². The number of aryl methyl sites for hydroxylation is 1. The Morgan fingerprint density at radius 2 is 1.48 bits per heavy atom. The van der Waals surface area contributed by atoms with Gasteiger partial charge in [-0.3, -0.25) is 13.9 Å². The Balaban J connectivity index is 2.22. The molecule has 2 aromatic carbocycles. The van der Waals surface area contributed by atoms with Crippen LogP contribution < -0.4 is 16.1 Å². The largest absolute Gasteiger partial charge is 0.465 e. The normalized spacial score (nSPS) is 10.9. The van der Waals surface area contributed by atoms with Crippen LogP contribution in [0.5, 0.6) is 0 Å². The molecule has 4 aromatic rings. The van der Waals surface area contributed by atoms with E-state index in [9.17, 15) is 14.4 Å². The number of benzene rings is 2. The number of aromatic nitrogens is 3. The average molecular weight is 444 g/mol. The molecular formula is C25H24N4O4. The maximum Gasteiger partial charge on any atom is 0.337 e. The molecule has 0 atom stereocenters. The Labute approximate surface area is 190 Å². The van der Waals surface area contributed by atoms with Crippen molar-refractivity contribution in [2.24, 2.45) is 14.1 Å². The summed E-state index contributed by atoms with van der Waals surface area (Å²) >= 11 is 0. The minimum Gasteiger partial charge on any atom is -0.465 e. The minimum atomic E-state index is -0.445. The molecule has 2 aromatic heterocycles. The minimum absolute atomic E-state index is 0.306. The highest BCUT2D eigenvalue weighted by Crippen LogP contribution is 2.41. The number of ether oxygens (including phenoxy) is 1. The molecule has 0 amide bonds. The van der Waals surface area contributed by atoms with Crippen LogP contribution in [0.15, 0.2) is 64.2 Å². The third-order valence-electron chi connectivity index (χ3n) is 5.65. The number of carbonyl (C=O) groups is 1. The van der Waals surface area contributed by atoms with Crippen molar-refractivity contribution in [3.8, 4) is 22.3 Å². The molecule has 0 saturated carbocycles. The van der Waals surface area contributed by atoms with Gasteiger partial charge in [0, 0.05) is 39.3 Å². The number of carbonyl (C=O) groups excluding carboxylic acids is 1. The molecule has 0 aliphatic carbocycles. The van der Waals surface area contributed by atoms with E-state index in [-0.39, 0.29) is 0 Å². The van der Waals surface area contributed by atoms with E-state index in [1.807, 2.05) is 49.3 Å². The molecule has 2 heterocycles. The van der Waals surface area contributed by atoms with E-state index in [0.717, 1.165) is 21.3 Å². The van der Waals surface area contributed by atoms with Crippen LogP contribution >= 0.6 is 0 Å². The van der Waals surface area contributed by atoms with Crippen molar-refractivity contribution in [3.63, 3.8) is 0 Å². The van der Waals surface area contributed by atoms with Crippen molar-refractivity contribution >= 4 is 22.8 Å². The van der Waals surface area contributed by atoms with E-state index in [2.05, 4.69) is 0 Å². The van der Waals surface area contributed by atoms with E-state index in [0.29, 0.717) is 28.0 Å². The van der Waals surface area contributed by atoms with Crippen LogP contribution in [-0.4, -0.2) is 41.3 Å².